The molecule has 2 aliphatic heterocycles. The lowest BCUT2D eigenvalue weighted by Crippen LogP contribution is -2.56. The van der Waals surface area contributed by atoms with Gasteiger partial charge < -0.3 is 4.90 Å². The van der Waals surface area contributed by atoms with Crippen molar-refractivity contribution in [1.82, 2.24) is 9.80 Å². The van der Waals surface area contributed by atoms with E-state index in [4.69, 9.17) is 0 Å². The molecule has 3 fully saturated rings. The molecule has 0 radical (unpaired) electrons. The maximum Gasteiger partial charge on any atom is 0.0672 e. The summed E-state index contributed by atoms with van der Waals surface area (Å²) >= 11 is 0. The monoisotopic (exact) mass is 275 g/mol. The number of nitriles is 1. The molecule has 0 aromatic heterocycles. The van der Waals surface area contributed by atoms with Crippen LogP contribution in [0.2, 0.25) is 0 Å². The second-order valence-electron chi connectivity index (χ2n) is 7.46. The van der Waals surface area contributed by atoms with Crippen molar-refractivity contribution in [2.75, 3.05) is 26.7 Å². The molecule has 1 aliphatic carbocycles. The van der Waals surface area contributed by atoms with Crippen molar-refractivity contribution in [2.24, 2.45) is 17.8 Å². The van der Waals surface area contributed by atoms with Gasteiger partial charge in [-0.15, -0.1) is 0 Å². The van der Waals surface area contributed by atoms with E-state index in [1.54, 1.807) is 0 Å². The van der Waals surface area contributed by atoms with Gasteiger partial charge in [-0.1, -0.05) is 6.92 Å². The van der Waals surface area contributed by atoms with Crippen LogP contribution in [-0.4, -0.2) is 48.6 Å². The summed E-state index contributed by atoms with van der Waals surface area (Å²) in [5, 5.41) is 9.47. The van der Waals surface area contributed by atoms with Crippen LogP contribution in [0.3, 0.4) is 0 Å². The van der Waals surface area contributed by atoms with Crippen molar-refractivity contribution in [3.8, 4) is 6.07 Å². The van der Waals surface area contributed by atoms with Crippen LogP contribution in [0.15, 0.2) is 0 Å². The Kier molecular flexibility index (Phi) is 4.33. The molecule has 3 nitrogen and oxygen atoms in total. The van der Waals surface area contributed by atoms with Gasteiger partial charge in [0.1, 0.15) is 0 Å². The summed E-state index contributed by atoms with van der Waals surface area (Å²) in [6.45, 7) is 6.09. The predicted octanol–water partition coefficient (Wildman–Crippen LogP) is 2.73. The molecule has 5 atom stereocenters. The Bertz CT molecular complexity index is 375. The summed E-state index contributed by atoms with van der Waals surface area (Å²) in [6, 6.07) is 3.95. The summed E-state index contributed by atoms with van der Waals surface area (Å²) in [6.07, 6.45) is 7.67. The van der Waals surface area contributed by atoms with Crippen LogP contribution in [0.4, 0.5) is 0 Å². The minimum atomic E-state index is 0.282. The molecule has 20 heavy (non-hydrogen) atoms. The lowest BCUT2D eigenvalue weighted by atomic mass is 9.76. The van der Waals surface area contributed by atoms with Crippen LogP contribution in [0, 0.1) is 29.1 Å². The molecule has 0 aromatic carbocycles. The number of piperidine rings is 2. The Morgan fingerprint density at radius 3 is 2.70 bits per heavy atom. The zero-order valence-electron chi connectivity index (χ0n) is 13.1. The first kappa shape index (κ1) is 14.4. The van der Waals surface area contributed by atoms with Crippen molar-refractivity contribution in [1.29, 1.82) is 5.26 Å². The number of hydrogen-bond acceptors (Lipinski definition) is 3. The third-order valence-corrected chi connectivity index (χ3v) is 6.09. The highest BCUT2D eigenvalue weighted by molar-refractivity contribution is 5.00. The Hall–Kier alpha value is -0.590. The van der Waals surface area contributed by atoms with Gasteiger partial charge in [0.25, 0.3) is 0 Å². The fraction of sp³-hybridized carbons (Fsp3) is 0.941. The number of fused-ring (bicyclic) bond motifs is 1. The smallest absolute Gasteiger partial charge is 0.0672 e. The van der Waals surface area contributed by atoms with Gasteiger partial charge in [-0.05, 0) is 70.5 Å². The lowest BCUT2D eigenvalue weighted by molar-refractivity contribution is -0.000981. The van der Waals surface area contributed by atoms with Crippen LogP contribution in [0.25, 0.3) is 0 Å². The van der Waals surface area contributed by atoms with E-state index in [1.807, 2.05) is 0 Å². The van der Waals surface area contributed by atoms with Crippen molar-refractivity contribution < 1.29 is 0 Å². The van der Waals surface area contributed by atoms with E-state index in [0.717, 1.165) is 24.3 Å². The molecule has 0 N–H and O–H groups in total. The van der Waals surface area contributed by atoms with Crippen molar-refractivity contribution in [2.45, 2.75) is 57.5 Å². The second-order valence-corrected chi connectivity index (χ2v) is 7.46. The molecular formula is C17H29N3. The van der Waals surface area contributed by atoms with E-state index >= 15 is 0 Å². The minimum Gasteiger partial charge on any atom is -0.303 e. The molecule has 2 heterocycles. The highest BCUT2D eigenvalue weighted by atomic mass is 15.2. The van der Waals surface area contributed by atoms with Crippen LogP contribution < -0.4 is 0 Å². The molecule has 0 aromatic rings. The minimum absolute atomic E-state index is 0.282. The molecule has 1 saturated carbocycles. The topological polar surface area (TPSA) is 30.3 Å². The first-order valence-electron chi connectivity index (χ1n) is 8.53. The van der Waals surface area contributed by atoms with Crippen molar-refractivity contribution in [3.63, 3.8) is 0 Å². The summed E-state index contributed by atoms with van der Waals surface area (Å²) in [4.78, 5) is 5.26. The first-order valence-corrected chi connectivity index (χ1v) is 8.53. The largest absolute Gasteiger partial charge is 0.303 e. The van der Waals surface area contributed by atoms with Crippen molar-refractivity contribution >= 4 is 0 Å². The van der Waals surface area contributed by atoms with E-state index < -0.39 is 0 Å². The third-order valence-electron chi connectivity index (χ3n) is 6.09. The zero-order valence-corrected chi connectivity index (χ0v) is 13.1. The lowest BCUT2D eigenvalue weighted by Gasteiger charge is -2.49. The van der Waals surface area contributed by atoms with E-state index in [2.05, 4.69) is 29.8 Å². The van der Waals surface area contributed by atoms with E-state index in [-0.39, 0.29) is 5.92 Å². The molecule has 3 rings (SSSR count). The van der Waals surface area contributed by atoms with Gasteiger partial charge in [-0.3, -0.25) is 4.90 Å². The van der Waals surface area contributed by atoms with Crippen LogP contribution >= 0.6 is 0 Å². The number of rotatable bonds is 1. The number of likely N-dealkylation sites (tertiary alicyclic amines) is 2. The highest BCUT2D eigenvalue weighted by Crippen LogP contribution is 2.36. The van der Waals surface area contributed by atoms with Gasteiger partial charge in [0.15, 0.2) is 0 Å². The summed E-state index contributed by atoms with van der Waals surface area (Å²) in [5.74, 6) is 1.93. The summed E-state index contributed by atoms with van der Waals surface area (Å²) < 4.78 is 0. The molecule has 112 valence electrons. The van der Waals surface area contributed by atoms with Gasteiger partial charge in [0.2, 0.25) is 0 Å². The molecular weight excluding hydrogens is 246 g/mol. The van der Waals surface area contributed by atoms with E-state index in [0.29, 0.717) is 6.04 Å². The average Bonchev–Trinajstić information content (AvgIpc) is 2.47. The highest BCUT2D eigenvalue weighted by Gasteiger charge is 2.39. The second kappa shape index (κ2) is 6.03. The van der Waals surface area contributed by atoms with Crippen LogP contribution in [0.1, 0.15) is 45.4 Å². The fourth-order valence-electron chi connectivity index (χ4n) is 4.89. The molecule has 5 unspecified atom stereocenters. The normalized spacial score (nSPS) is 43.8. The maximum absolute atomic E-state index is 9.47. The molecule has 0 spiro atoms. The quantitative estimate of drug-likeness (QED) is 0.737. The molecule has 3 aliphatic rings. The zero-order chi connectivity index (χ0) is 14.1. The van der Waals surface area contributed by atoms with E-state index in [1.165, 1.54) is 51.7 Å². The standard InChI is InChI=1S/C17H29N3/c1-13-5-6-14(11-18)17(10-13)20-9-7-16-15(12-20)4-3-8-19(16)2/h13-17H,3-10,12H2,1-2H3. The predicted molar refractivity (Wildman–Crippen MR) is 81.2 cm³/mol. The van der Waals surface area contributed by atoms with Gasteiger partial charge in [-0.25, -0.2) is 0 Å². The Labute approximate surface area is 123 Å². The van der Waals surface area contributed by atoms with Gasteiger partial charge in [-0.2, -0.15) is 5.26 Å². The SMILES string of the molecule is CC1CCC(C#N)C(N2CCC3C(CCCN3C)C2)C1. The van der Waals surface area contributed by atoms with Crippen molar-refractivity contribution in [3.05, 3.63) is 0 Å². The first-order chi connectivity index (χ1) is 9.69. The van der Waals surface area contributed by atoms with E-state index in [9.17, 15) is 5.26 Å². The summed E-state index contributed by atoms with van der Waals surface area (Å²) in [7, 11) is 2.30. The van der Waals surface area contributed by atoms with Crippen LogP contribution in [0.5, 0.6) is 0 Å². The third kappa shape index (κ3) is 2.73. The molecule has 2 saturated heterocycles. The number of nitrogens with zero attached hydrogens (tertiary/aromatic N) is 3. The van der Waals surface area contributed by atoms with Gasteiger partial charge in [0, 0.05) is 18.6 Å². The molecule has 0 amide bonds. The van der Waals surface area contributed by atoms with Gasteiger partial charge >= 0.3 is 0 Å². The Morgan fingerprint density at radius 1 is 1.05 bits per heavy atom. The maximum atomic E-state index is 9.47. The molecule has 0 bridgehead atoms. The Balaban J connectivity index is 1.67. The number of hydrogen-bond donors (Lipinski definition) is 0. The van der Waals surface area contributed by atoms with Gasteiger partial charge in [0.05, 0.1) is 12.0 Å². The molecule has 3 heteroatoms. The fourth-order valence-corrected chi connectivity index (χ4v) is 4.89. The van der Waals surface area contributed by atoms with Crippen LogP contribution in [-0.2, 0) is 0 Å². The average molecular weight is 275 g/mol. The summed E-state index contributed by atoms with van der Waals surface area (Å²) in [5.41, 5.74) is 0. The Morgan fingerprint density at radius 2 is 1.90 bits per heavy atom.